The van der Waals surface area contributed by atoms with Crippen molar-refractivity contribution < 1.29 is 33.3 Å². The van der Waals surface area contributed by atoms with Crippen molar-refractivity contribution in [3.8, 4) is 0 Å². The van der Waals surface area contributed by atoms with Gasteiger partial charge in [-0.3, -0.25) is 14.4 Å². The Labute approximate surface area is 198 Å². The van der Waals surface area contributed by atoms with Gasteiger partial charge in [0.1, 0.15) is 13.2 Å². The maximum Gasteiger partial charge on any atom is 0.312 e. The Bertz CT molecular complexity index is 682. The highest BCUT2D eigenvalue weighted by molar-refractivity contribution is 5.76. The number of hydrogen-bond donors (Lipinski definition) is 0. The van der Waals surface area contributed by atoms with Crippen LogP contribution in [0, 0.1) is 5.41 Å². The molecule has 0 fully saturated rings. The molecule has 0 aromatic heterocycles. The maximum absolute atomic E-state index is 12.6. The molecule has 1 aromatic carbocycles. The first kappa shape index (κ1) is 28.6. The summed E-state index contributed by atoms with van der Waals surface area (Å²) >= 11 is 0. The molecule has 0 aliphatic heterocycles. The van der Waals surface area contributed by atoms with Gasteiger partial charge in [-0.25, -0.2) is 0 Å². The molecule has 0 radical (unpaired) electrons. The van der Waals surface area contributed by atoms with E-state index in [0.29, 0.717) is 13.0 Å². The maximum atomic E-state index is 12.6. The Morgan fingerprint density at radius 1 is 0.818 bits per heavy atom. The van der Waals surface area contributed by atoms with E-state index in [-0.39, 0.29) is 19.2 Å². The summed E-state index contributed by atoms with van der Waals surface area (Å²) < 4.78 is 21.0. The Morgan fingerprint density at radius 3 is 1.94 bits per heavy atom. The topological polar surface area (TPSA) is 88.1 Å². The summed E-state index contributed by atoms with van der Waals surface area (Å²) in [6.45, 7) is 7.38. The molecule has 0 amide bonds. The van der Waals surface area contributed by atoms with Crippen molar-refractivity contribution in [3.05, 3.63) is 35.9 Å². The van der Waals surface area contributed by atoms with Crippen LogP contribution >= 0.6 is 0 Å². The predicted molar refractivity (Wildman–Crippen MR) is 125 cm³/mol. The van der Waals surface area contributed by atoms with E-state index in [1.165, 1.54) is 19.4 Å². The number of hydrogen-bond acceptors (Lipinski definition) is 7. The number of carbonyl (C=O) groups excluding carboxylic acids is 3. The minimum atomic E-state index is -0.811. The summed E-state index contributed by atoms with van der Waals surface area (Å²) in [5.41, 5.74) is 0.526. The number of benzene rings is 1. The van der Waals surface area contributed by atoms with Crippen LogP contribution in [0.3, 0.4) is 0 Å². The van der Waals surface area contributed by atoms with E-state index >= 15 is 0 Å². The molecular weight excluding hydrogens is 424 g/mol. The lowest BCUT2D eigenvalue weighted by Gasteiger charge is -2.26. The van der Waals surface area contributed by atoms with Gasteiger partial charge in [-0.2, -0.15) is 0 Å². The molecule has 1 aromatic rings. The van der Waals surface area contributed by atoms with Crippen molar-refractivity contribution in [1.82, 2.24) is 0 Å². The van der Waals surface area contributed by atoms with Crippen LogP contribution in [0.1, 0.15) is 78.2 Å². The molecule has 0 N–H and O–H groups in total. The number of rotatable bonds is 17. The molecule has 33 heavy (non-hydrogen) atoms. The zero-order valence-corrected chi connectivity index (χ0v) is 20.6. The van der Waals surface area contributed by atoms with Gasteiger partial charge in [-0.05, 0) is 32.3 Å². The molecule has 0 heterocycles. The van der Waals surface area contributed by atoms with E-state index in [4.69, 9.17) is 18.9 Å². The van der Waals surface area contributed by atoms with Gasteiger partial charge in [0.15, 0.2) is 6.10 Å². The molecule has 186 valence electrons. The van der Waals surface area contributed by atoms with Gasteiger partial charge in [0, 0.05) is 20.5 Å². The first-order valence-electron chi connectivity index (χ1n) is 11.8. The van der Waals surface area contributed by atoms with E-state index < -0.39 is 23.5 Å². The molecule has 0 unspecified atom stereocenters. The number of carbonyl (C=O) groups is 3. The monoisotopic (exact) mass is 464 g/mol. The summed E-state index contributed by atoms with van der Waals surface area (Å²) in [5, 5.41) is 0. The second-order valence-electron chi connectivity index (χ2n) is 8.93. The highest BCUT2D eigenvalue weighted by Gasteiger charge is 2.31. The third-order valence-electron chi connectivity index (χ3n) is 5.22. The third kappa shape index (κ3) is 14.4. The quantitative estimate of drug-likeness (QED) is 0.182. The fourth-order valence-electron chi connectivity index (χ4n) is 3.19. The van der Waals surface area contributed by atoms with Gasteiger partial charge in [-0.15, -0.1) is 0 Å². The summed E-state index contributed by atoms with van der Waals surface area (Å²) in [6, 6.07) is 10.2. The minimum Gasteiger partial charge on any atom is -0.462 e. The Morgan fingerprint density at radius 2 is 1.36 bits per heavy atom. The van der Waals surface area contributed by atoms with E-state index in [9.17, 15) is 14.4 Å². The highest BCUT2D eigenvalue weighted by atomic mass is 16.6. The highest BCUT2D eigenvalue weighted by Crippen LogP contribution is 2.26. The number of esters is 3. The molecule has 0 aliphatic rings. The molecule has 0 atom stereocenters. The van der Waals surface area contributed by atoms with Crippen LogP contribution in [0.15, 0.2) is 30.3 Å². The minimum absolute atomic E-state index is 0.139. The van der Waals surface area contributed by atoms with E-state index in [1.54, 1.807) is 0 Å². The van der Waals surface area contributed by atoms with E-state index in [1.807, 2.05) is 32.0 Å². The van der Waals surface area contributed by atoms with Crippen LogP contribution in [-0.4, -0.2) is 43.8 Å². The van der Waals surface area contributed by atoms with Crippen LogP contribution in [0.2, 0.25) is 0 Å². The van der Waals surface area contributed by atoms with Gasteiger partial charge in [-0.1, -0.05) is 62.4 Å². The van der Waals surface area contributed by atoms with Crippen LogP contribution in [0.25, 0.3) is 0 Å². The van der Waals surface area contributed by atoms with Crippen molar-refractivity contribution in [2.24, 2.45) is 5.41 Å². The Kier molecular flexibility index (Phi) is 14.1. The van der Waals surface area contributed by atoms with E-state index in [2.05, 4.69) is 12.1 Å². The van der Waals surface area contributed by atoms with Gasteiger partial charge in [0.05, 0.1) is 12.0 Å². The smallest absolute Gasteiger partial charge is 0.312 e. The Balaban J connectivity index is 2.17. The van der Waals surface area contributed by atoms with Crippen LogP contribution in [0.5, 0.6) is 0 Å². The summed E-state index contributed by atoms with van der Waals surface area (Å²) in [7, 11) is 0. The molecule has 0 spiro atoms. The normalized spacial score (nSPS) is 11.3. The standard InChI is InChI=1S/C26H40O7/c1-21(27)31-19-24(20-32-22(2)28)33-25(29)26(3,4)16-12-7-5-6-8-13-17-30-18-23-14-10-9-11-15-23/h9-11,14-15,24H,5-8,12-13,16-20H2,1-4H3. The van der Waals surface area contributed by atoms with Gasteiger partial charge >= 0.3 is 17.9 Å². The molecule has 0 saturated carbocycles. The average molecular weight is 465 g/mol. The molecule has 7 heteroatoms. The first-order valence-corrected chi connectivity index (χ1v) is 11.8. The summed E-state index contributed by atoms with van der Waals surface area (Å²) in [4.78, 5) is 34.7. The van der Waals surface area contributed by atoms with Crippen molar-refractivity contribution >= 4 is 17.9 Å². The summed E-state index contributed by atoms with van der Waals surface area (Å²) in [6.07, 6.45) is 6.30. The second kappa shape index (κ2) is 16.2. The van der Waals surface area contributed by atoms with Crippen molar-refractivity contribution in [1.29, 1.82) is 0 Å². The van der Waals surface area contributed by atoms with Crippen LogP contribution in [0.4, 0.5) is 0 Å². The van der Waals surface area contributed by atoms with Crippen LogP contribution in [-0.2, 0) is 39.9 Å². The number of unbranched alkanes of at least 4 members (excludes halogenated alkanes) is 5. The largest absolute Gasteiger partial charge is 0.462 e. The molecular formula is C26H40O7. The third-order valence-corrected chi connectivity index (χ3v) is 5.22. The predicted octanol–water partition coefficient (Wildman–Crippen LogP) is 5.00. The average Bonchev–Trinajstić information content (AvgIpc) is 2.77. The lowest BCUT2D eigenvalue weighted by atomic mass is 9.87. The molecule has 0 bridgehead atoms. The van der Waals surface area contributed by atoms with Crippen molar-refractivity contribution in [2.45, 2.75) is 85.4 Å². The lowest BCUT2D eigenvalue weighted by molar-refractivity contribution is -0.172. The SMILES string of the molecule is CC(=O)OCC(COC(C)=O)OC(=O)C(C)(C)CCCCCCCCOCc1ccccc1. The molecule has 7 nitrogen and oxygen atoms in total. The first-order chi connectivity index (χ1) is 15.7. The van der Waals surface area contributed by atoms with Crippen molar-refractivity contribution in [3.63, 3.8) is 0 Å². The van der Waals surface area contributed by atoms with Gasteiger partial charge in [0.2, 0.25) is 0 Å². The van der Waals surface area contributed by atoms with Gasteiger partial charge in [0.25, 0.3) is 0 Å². The van der Waals surface area contributed by atoms with E-state index in [0.717, 1.165) is 45.1 Å². The zero-order chi connectivity index (χ0) is 24.5. The van der Waals surface area contributed by atoms with Crippen LogP contribution < -0.4 is 0 Å². The second-order valence-corrected chi connectivity index (χ2v) is 8.93. The molecule has 0 saturated heterocycles. The zero-order valence-electron chi connectivity index (χ0n) is 20.6. The Hall–Kier alpha value is -2.41. The molecule has 0 aliphatic carbocycles. The summed E-state index contributed by atoms with van der Waals surface area (Å²) in [5.74, 6) is -1.36. The number of ether oxygens (including phenoxy) is 4. The lowest BCUT2D eigenvalue weighted by Crippen LogP contribution is -2.36. The molecule has 1 rings (SSSR count). The fourth-order valence-corrected chi connectivity index (χ4v) is 3.19. The van der Waals surface area contributed by atoms with Crippen molar-refractivity contribution in [2.75, 3.05) is 19.8 Å². The van der Waals surface area contributed by atoms with Gasteiger partial charge < -0.3 is 18.9 Å². The fraction of sp³-hybridized carbons (Fsp3) is 0.654.